The highest BCUT2D eigenvalue weighted by Crippen LogP contribution is 2.25. The molecule has 0 atom stereocenters. The van der Waals surface area contributed by atoms with E-state index in [1.165, 1.54) is 4.90 Å². The van der Waals surface area contributed by atoms with Crippen molar-refractivity contribution in [1.29, 1.82) is 0 Å². The third kappa shape index (κ3) is 3.87. The van der Waals surface area contributed by atoms with Gasteiger partial charge >= 0.3 is 0 Å². The van der Waals surface area contributed by atoms with Gasteiger partial charge in [-0.2, -0.15) is 0 Å². The molecular weight excluding hydrogens is 268 g/mol. The van der Waals surface area contributed by atoms with Crippen molar-refractivity contribution in [3.8, 4) is 0 Å². The average Bonchev–Trinajstić information content (AvgIpc) is 2.45. The quantitative estimate of drug-likeness (QED) is 0.777. The number of benzene rings is 1. The predicted molar refractivity (Wildman–Crippen MR) is 83.7 cm³/mol. The molecule has 0 bridgehead atoms. The zero-order valence-corrected chi connectivity index (χ0v) is 12.7. The summed E-state index contributed by atoms with van der Waals surface area (Å²) in [6.07, 6.45) is 0. The third-order valence-electron chi connectivity index (χ3n) is 3.20. The summed E-state index contributed by atoms with van der Waals surface area (Å²) >= 11 is 0. The van der Waals surface area contributed by atoms with Crippen LogP contribution in [0, 0.1) is 0 Å². The standard InChI is InChI=1S/C15H22N4O2/c1-10(2)18-14(20)9-19(3)15(21)11-4-5-12-13(8-11)17-7-6-16-12/h4-5,8,10,16-17H,6-7,9H2,1-3H3,(H,18,20). The number of hydrogen-bond donors (Lipinski definition) is 3. The van der Waals surface area contributed by atoms with Gasteiger partial charge in [0.05, 0.1) is 17.9 Å². The summed E-state index contributed by atoms with van der Waals surface area (Å²) in [5.41, 5.74) is 2.50. The van der Waals surface area contributed by atoms with Crippen LogP contribution in [0.3, 0.4) is 0 Å². The lowest BCUT2D eigenvalue weighted by Gasteiger charge is -2.22. The number of rotatable bonds is 4. The van der Waals surface area contributed by atoms with E-state index in [4.69, 9.17) is 0 Å². The first-order valence-electron chi connectivity index (χ1n) is 7.14. The molecule has 1 aliphatic heterocycles. The van der Waals surface area contributed by atoms with Crippen LogP contribution in [0.2, 0.25) is 0 Å². The van der Waals surface area contributed by atoms with Gasteiger partial charge in [-0.3, -0.25) is 9.59 Å². The first-order chi connectivity index (χ1) is 9.97. The van der Waals surface area contributed by atoms with Gasteiger partial charge in [-0.15, -0.1) is 0 Å². The van der Waals surface area contributed by atoms with Crippen molar-refractivity contribution in [1.82, 2.24) is 10.2 Å². The number of fused-ring (bicyclic) bond motifs is 1. The maximum absolute atomic E-state index is 12.3. The third-order valence-corrected chi connectivity index (χ3v) is 3.20. The van der Waals surface area contributed by atoms with Crippen molar-refractivity contribution in [3.05, 3.63) is 23.8 Å². The largest absolute Gasteiger partial charge is 0.382 e. The molecular formula is C15H22N4O2. The summed E-state index contributed by atoms with van der Waals surface area (Å²) in [6.45, 7) is 5.54. The topological polar surface area (TPSA) is 73.5 Å². The van der Waals surface area contributed by atoms with Crippen LogP contribution in [-0.2, 0) is 4.79 Å². The number of nitrogens with zero attached hydrogens (tertiary/aromatic N) is 1. The molecule has 1 aliphatic rings. The van der Waals surface area contributed by atoms with Crippen LogP contribution in [0.25, 0.3) is 0 Å². The van der Waals surface area contributed by atoms with Gasteiger partial charge in [0.1, 0.15) is 0 Å². The summed E-state index contributed by atoms with van der Waals surface area (Å²) in [5.74, 6) is -0.317. The van der Waals surface area contributed by atoms with E-state index in [0.29, 0.717) is 5.56 Å². The fourth-order valence-corrected chi connectivity index (χ4v) is 2.25. The Hall–Kier alpha value is -2.24. The van der Waals surface area contributed by atoms with E-state index in [2.05, 4.69) is 16.0 Å². The van der Waals surface area contributed by atoms with E-state index in [9.17, 15) is 9.59 Å². The Morgan fingerprint density at radius 1 is 1.24 bits per heavy atom. The Balaban J connectivity index is 2.03. The van der Waals surface area contributed by atoms with E-state index in [1.54, 1.807) is 13.1 Å². The van der Waals surface area contributed by atoms with E-state index in [1.807, 2.05) is 26.0 Å². The summed E-state index contributed by atoms with van der Waals surface area (Å²) in [5, 5.41) is 9.29. The molecule has 0 fully saturated rings. The van der Waals surface area contributed by atoms with Gasteiger partial charge < -0.3 is 20.9 Å². The number of amides is 2. The monoisotopic (exact) mass is 290 g/mol. The maximum Gasteiger partial charge on any atom is 0.254 e. The van der Waals surface area contributed by atoms with Gasteiger partial charge in [0, 0.05) is 31.7 Å². The number of anilines is 2. The van der Waals surface area contributed by atoms with Gasteiger partial charge in [-0.05, 0) is 32.0 Å². The molecule has 0 spiro atoms. The van der Waals surface area contributed by atoms with Crippen LogP contribution >= 0.6 is 0 Å². The number of likely N-dealkylation sites (N-methyl/N-ethyl adjacent to an activating group) is 1. The molecule has 6 heteroatoms. The SMILES string of the molecule is CC(C)NC(=O)CN(C)C(=O)c1ccc2c(c1)NCCN2. The highest BCUT2D eigenvalue weighted by Gasteiger charge is 2.17. The lowest BCUT2D eigenvalue weighted by atomic mass is 10.1. The molecule has 0 saturated carbocycles. The van der Waals surface area contributed by atoms with Crippen molar-refractivity contribution >= 4 is 23.2 Å². The predicted octanol–water partition coefficient (Wildman–Crippen LogP) is 1.12. The number of carbonyl (C=O) groups is 2. The molecule has 1 aromatic carbocycles. The van der Waals surface area contributed by atoms with E-state index >= 15 is 0 Å². The van der Waals surface area contributed by atoms with Crippen LogP contribution in [-0.4, -0.2) is 49.4 Å². The highest BCUT2D eigenvalue weighted by atomic mass is 16.2. The van der Waals surface area contributed by atoms with Crippen LogP contribution in [0.5, 0.6) is 0 Å². The molecule has 2 amide bonds. The summed E-state index contributed by atoms with van der Waals surface area (Å²) in [4.78, 5) is 25.5. The lowest BCUT2D eigenvalue weighted by Crippen LogP contribution is -2.40. The Morgan fingerprint density at radius 2 is 1.90 bits per heavy atom. The van der Waals surface area contributed by atoms with Crippen LogP contribution in [0.15, 0.2) is 18.2 Å². The normalized spacial score (nSPS) is 13.0. The van der Waals surface area contributed by atoms with Crippen LogP contribution in [0.1, 0.15) is 24.2 Å². The molecule has 6 nitrogen and oxygen atoms in total. The molecule has 114 valence electrons. The highest BCUT2D eigenvalue weighted by molar-refractivity contribution is 5.98. The second-order valence-electron chi connectivity index (χ2n) is 5.50. The second-order valence-corrected chi connectivity index (χ2v) is 5.50. The minimum absolute atomic E-state index is 0.0553. The van der Waals surface area contributed by atoms with E-state index in [0.717, 1.165) is 24.5 Å². The van der Waals surface area contributed by atoms with Crippen molar-refractivity contribution in [2.75, 3.05) is 37.3 Å². The Bertz CT molecular complexity index is 542. The number of carbonyl (C=O) groups excluding carboxylic acids is 2. The van der Waals surface area contributed by atoms with E-state index in [-0.39, 0.29) is 24.4 Å². The zero-order valence-electron chi connectivity index (χ0n) is 12.7. The molecule has 2 rings (SSSR count). The lowest BCUT2D eigenvalue weighted by molar-refractivity contribution is -0.122. The molecule has 0 aromatic heterocycles. The van der Waals surface area contributed by atoms with Crippen molar-refractivity contribution in [2.24, 2.45) is 0 Å². The fraction of sp³-hybridized carbons (Fsp3) is 0.467. The van der Waals surface area contributed by atoms with Gasteiger partial charge in [0.15, 0.2) is 0 Å². The Kier molecular flexibility index (Phi) is 4.67. The molecule has 0 aliphatic carbocycles. The minimum atomic E-state index is -0.163. The Labute approximate surface area is 124 Å². The Morgan fingerprint density at radius 3 is 2.57 bits per heavy atom. The summed E-state index contributed by atoms with van der Waals surface area (Å²) < 4.78 is 0. The van der Waals surface area contributed by atoms with Gasteiger partial charge in [-0.1, -0.05) is 0 Å². The first kappa shape index (κ1) is 15.2. The summed E-state index contributed by atoms with van der Waals surface area (Å²) in [7, 11) is 1.63. The molecule has 1 aromatic rings. The van der Waals surface area contributed by atoms with Gasteiger partial charge in [0.25, 0.3) is 5.91 Å². The van der Waals surface area contributed by atoms with Crippen molar-refractivity contribution in [2.45, 2.75) is 19.9 Å². The average molecular weight is 290 g/mol. The number of nitrogens with one attached hydrogen (secondary N) is 3. The van der Waals surface area contributed by atoms with E-state index < -0.39 is 0 Å². The molecule has 0 radical (unpaired) electrons. The summed E-state index contributed by atoms with van der Waals surface area (Å²) in [6, 6.07) is 5.55. The van der Waals surface area contributed by atoms with Gasteiger partial charge in [-0.25, -0.2) is 0 Å². The fourth-order valence-electron chi connectivity index (χ4n) is 2.25. The number of hydrogen-bond acceptors (Lipinski definition) is 4. The van der Waals surface area contributed by atoms with Gasteiger partial charge in [0.2, 0.25) is 5.91 Å². The van der Waals surface area contributed by atoms with Crippen molar-refractivity contribution < 1.29 is 9.59 Å². The molecule has 0 saturated heterocycles. The molecule has 21 heavy (non-hydrogen) atoms. The van der Waals surface area contributed by atoms with Crippen molar-refractivity contribution in [3.63, 3.8) is 0 Å². The zero-order chi connectivity index (χ0) is 15.4. The molecule has 1 heterocycles. The minimum Gasteiger partial charge on any atom is -0.382 e. The van der Waals surface area contributed by atoms with Crippen LogP contribution in [0.4, 0.5) is 11.4 Å². The van der Waals surface area contributed by atoms with Crippen LogP contribution < -0.4 is 16.0 Å². The second kappa shape index (κ2) is 6.47. The smallest absolute Gasteiger partial charge is 0.254 e. The maximum atomic E-state index is 12.3. The molecule has 3 N–H and O–H groups in total. The first-order valence-corrected chi connectivity index (χ1v) is 7.14. The molecule has 0 unspecified atom stereocenters.